The van der Waals surface area contributed by atoms with Gasteiger partial charge in [-0.2, -0.15) is 0 Å². The van der Waals surface area contributed by atoms with Crippen LogP contribution >= 0.6 is 15.9 Å². The predicted octanol–water partition coefficient (Wildman–Crippen LogP) is 3.32. The maximum Gasteiger partial charge on any atom is 0.295 e. The van der Waals surface area contributed by atoms with Crippen molar-refractivity contribution in [3.63, 3.8) is 0 Å². The van der Waals surface area contributed by atoms with E-state index in [2.05, 4.69) is 20.8 Å². The van der Waals surface area contributed by atoms with Crippen molar-refractivity contribution in [2.24, 2.45) is 0 Å². The molecule has 0 aliphatic carbocycles. The second-order valence-corrected chi connectivity index (χ2v) is 9.78. The molecule has 38 heavy (non-hydrogen) atoms. The zero-order valence-electron chi connectivity index (χ0n) is 21.5. The third-order valence-corrected chi connectivity index (χ3v) is 7.36. The molecular weight excluding hydrogens is 560 g/mol. The lowest BCUT2D eigenvalue weighted by molar-refractivity contribution is -0.140. The second-order valence-electron chi connectivity index (χ2n) is 8.92. The molecule has 0 spiro atoms. The van der Waals surface area contributed by atoms with E-state index in [0.717, 1.165) is 19.6 Å². The highest BCUT2D eigenvalue weighted by molar-refractivity contribution is 9.10. The summed E-state index contributed by atoms with van der Waals surface area (Å²) in [6, 6.07) is 7.02. The maximum absolute atomic E-state index is 13.4. The molecule has 10 nitrogen and oxygen atoms in total. The van der Waals surface area contributed by atoms with Crippen LogP contribution in [0.1, 0.15) is 23.6 Å². The Bertz CT molecular complexity index is 1240. The zero-order chi connectivity index (χ0) is 27.4. The number of ketones is 1. The number of halogens is 1. The molecule has 2 aromatic rings. The number of aliphatic hydroxyl groups is 1. The van der Waals surface area contributed by atoms with Gasteiger partial charge in [0.1, 0.15) is 5.76 Å². The molecule has 2 heterocycles. The van der Waals surface area contributed by atoms with Crippen molar-refractivity contribution in [2.45, 2.75) is 12.5 Å². The summed E-state index contributed by atoms with van der Waals surface area (Å²) in [6.07, 6.45) is 0.621. The van der Waals surface area contributed by atoms with E-state index in [1.54, 1.807) is 30.3 Å². The number of methoxy groups -OCH3 is 3. The van der Waals surface area contributed by atoms with Crippen molar-refractivity contribution in [3.05, 3.63) is 51.5 Å². The minimum atomic E-state index is -0.904. The van der Waals surface area contributed by atoms with Crippen LogP contribution in [0.5, 0.6) is 23.0 Å². The molecule has 2 saturated heterocycles. The summed E-state index contributed by atoms with van der Waals surface area (Å²) in [6.45, 7) is 3.97. The largest absolute Gasteiger partial charge is 0.507 e. The first kappa shape index (κ1) is 27.7. The fourth-order valence-electron chi connectivity index (χ4n) is 4.79. The number of ether oxygens (including phenoxy) is 4. The van der Waals surface area contributed by atoms with E-state index in [0.29, 0.717) is 46.7 Å². The number of morpholine rings is 1. The van der Waals surface area contributed by atoms with Crippen molar-refractivity contribution in [1.29, 1.82) is 0 Å². The molecule has 11 heteroatoms. The Kier molecular flexibility index (Phi) is 8.80. The van der Waals surface area contributed by atoms with Gasteiger partial charge in [-0.25, -0.2) is 0 Å². The first-order valence-corrected chi connectivity index (χ1v) is 13.0. The van der Waals surface area contributed by atoms with E-state index < -0.39 is 17.7 Å². The summed E-state index contributed by atoms with van der Waals surface area (Å²) in [5, 5.41) is 21.7. The highest BCUT2D eigenvalue weighted by Crippen LogP contribution is 2.45. The molecule has 2 aliphatic rings. The highest BCUT2D eigenvalue weighted by Gasteiger charge is 2.46. The number of carbonyl (C=O) groups is 2. The number of nitrogens with zero attached hydrogens (tertiary/aromatic N) is 2. The molecule has 204 valence electrons. The summed E-state index contributed by atoms with van der Waals surface area (Å²) >= 11 is 3.33. The van der Waals surface area contributed by atoms with Crippen LogP contribution in [0.4, 0.5) is 0 Å². The molecule has 1 unspecified atom stereocenters. The van der Waals surface area contributed by atoms with Gasteiger partial charge in [0.25, 0.3) is 11.7 Å². The SMILES string of the molecule is COc1ccc(/C(O)=C2\C(=O)C(=O)N(CCCN3CCOCC3)C2c2cc(Br)c(O)c(OC)c2)cc1OC. The van der Waals surface area contributed by atoms with Gasteiger partial charge < -0.3 is 34.1 Å². The molecule has 0 saturated carbocycles. The van der Waals surface area contributed by atoms with Crippen LogP contribution < -0.4 is 14.2 Å². The monoisotopic (exact) mass is 590 g/mol. The van der Waals surface area contributed by atoms with E-state index in [9.17, 15) is 19.8 Å². The first-order chi connectivity index (χ1) is 18.3. The van der Waals surface area contributed by atoms with Crippen molar-refractivity contribution < 1.29 is 38.7 Å². The van der Waals surface area contributed by atoms with Gasteiger partial charge in [0.05, 0.1) is 50.6 Å². The molecule has 0 aromatic heterocycles. The quantitative estimate of drug-likeness (QED) is 0.257. The summed E-state index contributed by atoms with van der Waals surface area (Å²) in [7, 11) is 4.37. The van der Waals surface area contributed by atoms with Crippen LogP contribution in [0, 0.1) is 0 Å². The number of hydrogen-bond acceptors (Lipinski definition) is 9. The molecule has 0 bridgehead atoms. The normalized spacial score (nSPS) is 19.6. The van der Waals surface area contributed by atoms with Crippen LogP contribution in [0.15, 0.2) is 40.4 Å². The number of amides is 1. The van der Waals surface area contributed by atoms with Crippen molar-refractivity contribution in [3.8, 4) is 23.0 Å². The Hall–Kier alpha value is -3.28. The van der Waals surface area contributed by atoms with Gasteiger partial charge in [-0.15, -0.1) is 0 Å². The minimum absolute atomic E-state index is 0.0618. The summed E-state index contributed by atoms with van der Waals surface area (Å²) in [5.41, 5.74) is 0.733. The molecule has 2 aromatic carbocycles. The zero-order valence-corrected chi connectivity index (χ0v) is 23.1. The number of aliphatic hydroxyl groups excluding tert-OH is 1. The number of phenolic OH excluding ortho intramolecular Hbond substituents is 1. The number of likely N-dealkylation sites (tertiary alicyclic amines) is 1. The van der Waals surface area contributed by atoms with Crippen molar-refractivity contribution in [1.82, 2.24) is 9.80 Å². The number of benzene rings is 2. The second kappa shape index (κ2) is 12.1. The van der Waals surface area contributed by atoms with Gasteiger partial charge in [0, 0.05) is 31.7 Å². The third kappa shape index (κ3) is 5.45. The van der Waals surface area contributed by atoms with Gasteiger partial charge in [0.2, 0.25) is 0 Å². The predicted molar refractivity (Wildman–Crippen MR) is 143 cm³/mol. The Morgan fingerprint density at radius 1 is 1.00 bits per heavy atom. The Balaban J connectivity index is 1.77. The first-order valence-electron chi connectivity index (χ1n) is 12.2. The molecule has 4 rings (SSSR count). The third-order valence-electron chi connectivity index (χ3n) is 6.76. The Morgan fingerprint density at radius 2 is 1.68 bits per heavy atom. The van der Waals surface area contributed by atoms with Crippen LogP contribution in [0.3, 0.4) is 0 Å². The summed E-state index contributed by atoms with van der Waals surface area (Å²) in [5.74, 6) is -0.967. The molecular formula is C27H31BrN2O8. The van der Waals surface area contributed by atoms with E-state index in [1.807, 2.05) is 0 Å². The molecule has 2 aliphatic heterocycles. The maximum atomic E-state index is 13.4. The lowest BCUT2D eigenvalue weighted by atomic mass is 9.94. The van der Waals surface area contributed by atoms with E-state index in [-0.39, 0.29) is 29.4 Å². The van der Waals surface area contributed by atoms with Gasteiger partial charge in [0.15, 0.2) is 23.0 Å². The number of carbonyl (C=O) groups excluding carboxylic acids is 2. The number of aromatic hydroxyl groups is 1. The topological polar surface area (TPSA) is 118 Å². The van der Waals surface area contributed by atoms with Gasteiger partial charge in [-0.1, -0.05) is 0 Å². The van der Waals surface area contributed by atoms with Crippen molar-refractivity contribution in [2.75, 3.05) is 60.7 Å². The van der Waals surface area contributed by atoms with Gasteiger partial charge in [-0.05, 0) is 58.2 Å². The number of phenols is 1. The van der Waals surface area contributed by atoms with E-state index >= 15 is 0 Å². The van der Waals surface area contributed by atoms with E-state index in [1.165, 1.54) is 26.2 Å². The molecule has 2 N–H and O–H groups in total. The van der Waals surface area contributed by atoms with Gasteiger partial charge in [-0.3, -0.25) is 14.5 Å². The summed E-state index contributed by atoms with van der Waals surface area (Å²) in [4.78, 5) is 30.4. The smallest absolute Gasteiger partial charge is 0.295 e. The van der Waals surface area contributed by atoms with Crippen LogP contribution in [0.2, 0.25) is 0 Å². The fraction of sp³-hybridized carbons (Fsp3) is 0.407. The average molecular weight is 591 g/mol. The standard InChI is InChI=1S/C27H31BrN2O8/c1-35-19-6-5-16(14-20(19)36-2)24(31)22-23(17-13-18(28)25(32)21(15-17)37-3)30(27(34)26(22)33)8-4-7-29-9-11-38-12-10-29/h5-6,13-15,23,31-32H,4,7-12H2,1-3H3/b24-22+. The molecule has 2 fully saturated rings. The van der Waals surface area contributed by atoms with Crippen LogP contribution in [0.25, 0.3) is 5.76 Å². The lowest BCUT2D eigenvalue weighted by Gasteiger charge is -2.29. The minimum Gasteiger partial charge on any atom is -0.507 e. The van der Waals surface area contributed by atoms with Crippen LogP contribution in [-0.4, -0.2) is 92.4 Å². The molecule has 1 atom stereocenters. The Morgan fingerprint density at radius 3 is 2.34 bits per heavy atom. The molecule has 0 radical (unpaired) electrons. The number of rotatable bonds is 9. The van der Waals surface area contributed by atoms with Crippen molar-refractivity contribution >= 4 is 33.4 Å². The molecule has 1 amide bonds. The highest BCUT2D eigenvalue weighted by atomic mass is 79.9. The average Bonchev–Trinajstić information content (AvgIpc) is 3.19. The lowest BCUT2D eigenvalue weighted by Crippen LogP contribution is -2.39. The summed E-state index contributed by atoms with van der Waals surface area (Å²) < 4.78 is 21.7. The fourth-order valence-corrected chi connectivity index (χ4v) is 5.25. The van der Waals surface area contributed by atoms with Gasteiger partial charge >= 0.3 is 0 Å². The van der Waals surface area contributed by atoms with Crippen LogP contribution in [-0.2, 0) is 14.3 Å². The number of hydrogen-bond donors (Lipinski definition) is 2. The number of Topliss-reactive ketones (excluding diaryl/α,β-unsaturated/α-hetero) is 1. The Labute approximate surface area is 229 Å². The van der Waals surface area contributed by atoms with E-state index in [4.69, 9.17) is 18.9 Å².